The first-order valence-corrected chi connectivity index (χ1v) is 16.4. The zero-order valence-corrected chi connectivity index (χ0v) is 27.0. The molecular weight excluding hydrogens is 628 g/mol. The summed E-state index contributed by atoms with van der Waals surface area (Å²) in [5.74, 6) is -2.69. The highest BCUT2D eigenvalue weighted by Crippen LogP contribution is 2.47. The Labute approximate surface area is 277 Å². The summed E-state index contributed by atoms with van der Waals surface area (Å²) >= 11 is 0. The second-order valence-electron chi connectivity index (χ2n) is 13.1. The van der Waals surface area contributed by atoms with Gasteiger partial charge in [-0.05, 0) is 66.3 Å². The number of carbonyl (C=O) groups is 2. The Kier molecular flexibility index (Phi) is 9.28. The lowest BCUT2D eigenvalue weighted by Crippen LogP contribution is -2.50. The lowest BCUT2D eigenvalue weighted by molar-refractivity contribution is -0.143. The lowest BCUT2D eigenvalue weighted by Gasteiger charge is -2.35. The van der Waals surface area contributed by atoms with E-state index in [0.717, 1.165) is 12.1 Å². The van der Waals surface area contributed by atoms with Crippen molar-refractivity contribution in [3.8, 4) is 5.75 Å². The number of rotatable bonds is 8. The monoisotopic (exact) mass is 668 g/mol. The molecule has 6 rings (SSSR count). The van der Waals surface area contributed by atoms with E-state index in [2.05, 4.69) is 4.98 Å². The molecule has 12 heteroatoms. The molecule has 0 spiro atoms. The SMILES string of the molecule is CC[C@H]1CN(C(=O)[C@]2(F)CN(c3cccnc3)C[C@H]2c2ccc(OC)cc2)C[C@@H]1c1ccc(C(F)(F)F)cc1N1CCC(C(=O)O)CC1. The summed E-state index contributed by atoms with van der Waals surface area (Å²) in [6, 6.07) is 14.4. The smallest absolute Gasteiger partial charge is 0.416 e. The number of halogens is 4. The van der Waals surface area contributed by atoms with Crippen LogP contribution in [-0.4, -0.2) is 78.9 Å². The number of benzene rings is 2. The number of hydrogen-bond acceptors (Lipinski definition) is 6. The Balaban J connectivity index is 1.32. The second-order valence-corrected chi connectivity index (χ2v) is 13.1. The molecule has 1 amide bonds. The van der Waals surface area contributed by atoms with Gasteiger partial charge in [-0.25, -0.2) is 4.39 Å². The standard InChI is InChI=1S/C36H40F4N4O4/c1-3-23-19-43(20-30(23)29-11-8-26(36(38,39)40)17-32(29)42-15-12-25(13-16-42)33(45)46)34(47)35(37)22-44(27-5-4-14-41-18-27)21-31(35)24-6-9-28(48-2)10-7-24/h4-11,14,17-18,23,25,30-31H,3,12-13,15-16,19-22H2,1-2H3,(H,45,46)/t23-,30-,31-,35-/m0/s1. The number of nitrogens with zero attached hydrogens (tertiary/aromatic N) is 4. The third-order valence-electron chi connectivity index (χ3n) is 10.5. The summed E-state index contributed by atoms with van der Waals surface area (Å²) in [7, 11) is 1.55. The van der Waals surface area contributed by atoms with E-state index in [-0.39, 0.29) is 38.0 Å². The molecule has 4 heterocycles. The Bertz CT molecular complexity index is 1610. The van der Waals surface area contributed by atoms with Crippen molar-refractivity contribution >= 4 is 23.3 Å². The predicted octanol–water partition coefficient (Wildman–Crippen LogP) is 6.37. The highest BCUT2D eigenvalue weighted by Gasteiger charge is 2.56. The van der Waals surface area contributed by atoms with Crippen molar-refractivity contribution in [3.05, 3.63) is 83.7 Å². The van der Waals surface area contributed by atoms with Gasteiger partial charge in [-0.3, -0.25) is 14.6 Å². The van der Waals surface area contributed by atoms with Crippen LogP contribution < -0.4 is 14.5 Å². The Hall–Kier alpha value is -4.35. The zero-order chi connectivity index (χ0) is 34.2. The minimum Gasteiger partial charge on any atom is -0.497 e. The van der Waals surface area contributed by atoms with Gasteiger partial charge in [-0.15, -0.1) is 0 Å². The first-order valence-electron chi connectivity index (χ1n) is 16.4. The third kappa shape index (κ3) is 6.41. The van der Waals surface area contributed by atoms with Crippen molar-refractivity contribution < 1.29 is 37.0 Å². The molecule has 48 heavy (non-hydrogen) atoms. The number of piperidine rings is 1. The Morgan fingerprint density at radius 1 is 1.02 bits per heavy atom. The molecule has 256 valence electrons. The van der Waals surface area contributed by atoms with Gasteiger partial charge in [0.05, 0.1) is 37.0 Å². The summed E-state index contributed by atoms with van der Waals surface area (Å²) in [6.07, 6.45) is -0.00344. The van der Waals surface area contributed by atoms with Gasteiger partial charge in [0.1, 0.15) is 5.75 Å². The number of pyridine rings is 1. The van der Waals surface area contributed by atoms with Gasteiger partial charge < -0.3 is 24.5 Å². The number of alkyl halides is 4. The van der Waals surface area contributed by atoms with Crippen LogP contribution in [0, 0.1) is 11.8 Å². The molecule has 0 aliphatic carbocycles. The average Bonchev–Trinajstić information content (AvgIpc) is 3.70. The Morgan fingerprint density at radius 2 is 1.75 bits per heavy atom. The summed E-state index contributed by atoms with van der Waals surface area (Å²) in [4.78, 5) is 35.4. The number of aromatic nitrogens is 1. The summed E-state index contributed by atoms with van der Waals surface area (Å²) in [5, 5.41) is 9.48. The van der Waals surface area contributed by atoms with Crippen molar-refractivity contribution in [2.75, 3.05) is 56.2 Å². The van der Waals surface area contributed by atoms with Gasteiger partial charge in [0.2, 0.25) is 5.67 Å². The van der Waals surface area contributed by atoms with Crippen LogP contribution in [0.1, 0.15) is 54.7 Å². The number of hydrogen-bond donors (Lipinski definition) is 1. The fraction of sp³-hybridized carbons (Fsp3) is 0.472. The van der Waals surface area contributed by atoms with E-state index >= 15 is 4.39 Å². The number of amides is 1. The minimum atomic E-state index is -4.56. The molecule has 4 atom stereocenters. The maximum Gasteiger partial charge on any atom is 0.416 e. The van der Waals surface area contributed by atoms with Gasteiger partial charge in [0.15, 0.2) is 0 Å². The van der Waals surface area contributed by atoms with Crippen LogP contribution in [0.15, 0.2) is 67.0 Å². The molecule has 0 bridgehead atoms. The zero-order valence-electron chi connectivity index (χ0n) is 27.0. The molecule has 3 aromatic rings. The maximum atomic E-state index is 17.6. The highest BCUT2D eigenvalue weighted by atomic mass is 19.4. The van der Waals surface area contributed by atoms with Crippen molar-refractivity contribution in [2.45, 2.75) is 49.9 Å². The van der Waals surface area contributed by atoms with Crippen LogP contribution in [0.25, 0.3) is 0 Å². The fourth-order valence-electron chi connectivity index (χ4n) is 7.72. The Morgan fingerprint density at radius 3 is 2.35 bits per heavy atom. The van der Waals surface area contributed by atoms with Crippen LogP contribution in [-0.2, 0) is 15.8 Å². The van der Waals surface area contributed by atoms with Crippen LogP contribution >= 0.6 is 0 Å². The molecule has 1 aromatic heterocycles. The first kappa shape index (κ1) is 33.5. The van der Waals surface area contributed by atoms with Crippen molar-refractivity contribution in [1.82, 2.24) is 9.88 Å². The highest BCUT2D eigenvalue weighted by molar-refractivity contribution is 5.89. The number of carbonyl (C=O) groups excluding carboxylic acids is 1. The number of likely N-dealkylation sites (tertiary alicyclic amines) is 1. The fourth-order valence-corrected chi connectivity index (χ4v) is 7.72. The largest absolute Gasteiger partial charge is 0.497 e. The van der Waals surface area contributed by atoms with Gasteiger partial charge in [0.25, 0.3) is 5.91 Å². The number of methoxy groups -OCH3 is 1. The van der Waals surface area contributed by atoms with Gasteiger partial charge in [-0.2, -0.15) is 13.2 Å². The van der Waals surface area contributed by atoms with E-state index < -0.39 is 41.1 Å². The molecule has 3 aliphatic rings. The van der Waals surface area contributed by atoms with E-state index in [4.69, 9.17) is 4.74 Å². The normalized spacial score (nSPS) is 25.0. The molecule has 2 aromatic carbocycles. The molecule has 3 saturated heterocycles. The number of aliphatic carboxylic acids is 1. The number of carboxylic acid groups (broad SMARTS) is 1. The second kappa shape index (κ2) is 13.3. The van der Waals surface area contributed by atoms with E-state index in [0.29, 0.717) is 60.6 Å². The number of ether oxygens (including phenoxy) is 1. The molecule has 3 aliphatic heterocycles. The van der Waals surface area contributed by atoms with E-state index in [9.17, 15) is 27.9 Å². The van der Waals surface area contributed by atoms with Gasteiger partial charge >= 0.3 is 12.1 Å². The van der Waals surface area contributed by atoms with Crippen molar-refractivity contribution in [2.24, 2.45) is 11.8 Å². The molecule has 1 N–H and O–H groups in total. The van der Waals surface area contributed by atoms with E-state index in [1.54, 1.807) is 54.7 Å². The van der Waals surface area contributed by atoms with E-state index in [1.165, 1.54) is 6.07 Å². The van der Waals surface area contributed by atoms with Crippen molar-refractivity contribution in [1.29, 1.82) is 0 Å². The predicted molar refractivity (Wildman–Crippen MR) is 173 cm³/mol. The molecular formula is C36H40F4N4O4. The van der Waals surface area contributed by atoms with Crippen LogP contribution in [0.4, 0.5) is 28.9 Å². The van der Waals surface area contributed by atoms with Gasteiger partial charge in [0, 0.05) is 56.4 Å². The van der Waals surface area contributed by atoms with Crippen molar-refractivity contribution in [3.63, 3.8) is 0 Å². The number of carboxylic acids is 1. The van der Waals surface area contributed by atoms with Crippen LogP contribution in [0.3, 0.4) is 0 Å². The summed E-state index contributed by atoms with van der Waals surface area (Å²) in [5.41, 5.74) is -0.625. The number of anilines is 2. The van der Waals surface area contributed by atoms with Crippen LogP contribution in [0.5, 0.6) is 5.75 Å². The summed E-state index contributed by atoms with van der Waals surface area (Å²) in [6.45, 7) is 3.10. The molecule has 3 fully saturated rings. The molecule has 0 saturated carbocycles. The average molecular weight is 669 g/mol. The lowest BCUT2D eigenvalue weighted by atomic mass is 9.84. The quantitative estimate of drug-likeness (QED) is 0.279. The van der Waals surface area contributed by atoms with Crippen LogP contribution in [0.2, 0.25) is 0 Å². The molecule has 0 unspecified atom stereocenters. The first-order chi connectivity index (χ1) is 22.9. The topological polar surface area (TPSA) is 86.2 Å². The third-order valence-corrected chi connectivity index (χ3v) is 10.5. The van der Waals surface area contributed by atoms with E-state index in [1.807, 2.05) is 22.8 Å². The van der Waals surface area contributed by atoms with Gasteiger partial charge in [-0.1, -0.05) is 31.5 Å². The summed E-state index contributed by atoms with van der Waals surface area (Å²) < 4.78 is 64.6. The maximum absolute atomic E-state index is 17.6. The molecule has 0 radical (unpaired) electrons. The minimum absolute atomic E-state index is 0.111. The molecule has 8 nitrogen and oxygen atoms in total.